The Kier molecular flexibility index (Phi) is 5.81. The molecule has 1 heterocycles. The molecule has 0 radical (unpaired) electrons. The molecule has 6 heteroatoms. The van der Waals surface area contributed by atoms with Crippen LogP contribution >= 0.6 is 0 Å². The van der Waals surface area contributed by atoms with E-state index in [0.29, 0.717) is 11.7 Å². The Morgan fingerprint density at radius 1 is 1.30 bits per heavy atom. The van der Waals surface area contributed by atoms with Crippen LogP contribution in [-0.4, -0.2) is 43.3 Å². The summed E-state index contributed by atoms with van der Waals surface area (Å²) in [6.45, 7) is 5.71. The third-order valence-electron chi connectivity index (χ3n) is 4.56. The lowest BCUT2D eigenvalue weighted by Gasteiger charge is -2.33. The summed E-state index contributed by atoms with van der Waals surface area (Å²) in [5.41, 5.74) is 1.83. The van der Waals surface area contributed by atoms with E-state index in [4.69, 9.17) is 0 Å². The third kappa shape index (κ3) is 5.04. The molecule has 2 atom stereocenters. The third-order valence-corrected chi connectivity index (χ3v) is 6.06. The van der Waals surface area contributed by atoms with E-state index in [9.17, 15) is 13.2 Å². The number of carbonyl (C=O) groups is 1. The molecule has 1 aliphatic rings. The van der Waals surface area contributed by atoms with Crippen LogP contribution in [0, 0.1) is 0 Å². The Morgan fingerprint density at radius 2 is 1.96 bits per heavy atom. The molecule has 1 aromatic carbocycles. The smallest absolute Gasteiger partial charge is 0.242 e. The Hall–Kier alpha value is -1.40. The Morgan fingerprint density at radius 3 is 2.52 bits per heavy atom. The fourth-order valence-corrected chi connectivity index (χ4v) is 3.21. The van der Waals surface area contributed by atoms with Gasteiger partial charge in [0.15, 0.2) is 9.84 Å². The van der Waals surface area contributed by atoms with Crippen molar-refractivity contribution in [3.63, 3.8) is 0 Å². The van der Waals surface area contributed by atoms with Crippen molar-refractivity contribution in [2.45, 2.75) is 50.9 Å². The number of sulfone groups is 1. The number of carbonyl (C=O) groups excluding carboxylic acids is 1. The first-order valence-corrected chi connectivity index (χ1v) is 10.1. The van der Waals surface area contributed by atoms with E-state index in [-0.39, 0.29) is 0 Å². The fraction of sp³-hybridized carbons (Fsp3) is 0.588. The van der Waals surface area contributed by atoms with Crippen molar-refractivity contribution in [2.75, 3.05) is 18.1 Å². The standard InChI is InChI=1S/C17H26N2O3S/c1-13-6-4-5-11-19(13)12-15-7-9-16(10-8-15)18-17(20)14(2)23(3,21)22/h7-10,13-14H,4-6,11-12H2,1-3H3,(H,18,20)/t13-,14+/m0/s1. The molecule has 128 valence electrons. The van der Waals surface area contributed by atoms with Gasteiger partial charge in [-0.25, -0.2) is 8.42 Å². The van der Waals surface area contributed by atoms with E-state index in [0.717, 1.165) is 19.3 Å². The molecular weight excluding hydrogens is 312 g/mol. The molecule has 1 aliphatic heterocycles. The molecule has 1 amide bonds. The molecule has 5 nitrogen and oxygen atoms in total. The van der Waals surface area contributed by atoms with Gasteiger partial charge in [-0.3, -0.25) is 9.69 Å². The summed E-state index contributed by atoms with van der Waals surface area (Å²) in [5, 5.41) is 1.61. The van der Waals surface area contributed by atoms with Gasteiger partial charge in [0, 0.05) is 24.5 Å². The maximum atomic E-state index is 11.9. The van der Waals surface area contributed by atoms with Crippen molar-refractivity contribution in [1.29, 1.82) is 0 Å². The first-order valence-electron chi connectivity index (χ1n) is 8.10. The zero-order valence-electron chi connectivity index (χ0n) is 14.1. The van der Waals surface area contributed by atoms with Crippen molar-refractivity contribution in [2.24, 2.45) is 0 Å². The maximum absolute atomic E-state index is 11.9. The van der Waals surface area contributed by atoms with E-state index < -0.39 is 21.0 Å². The predicted molar refractivity (Wildman–Crippen MR) is 93.1 cm³/mol. The number of hydrogen-bond donors (Lipinski definition) is 1. The molecule has 0 aromatic heterocycles. The van der Waals surface area contributed by atoms with Gasteiger partial charge >= 0.3 is 0 Å². The number of nitrogens with one attached hydrogen (secondary N) is 1. The van der Waals surface area contributed by atoms with Gasteiger partial charge in [0.25, 0.3) is 0 Å². The highest BCUT2D eigenvalue weighted by atomic mass is 32.2. The second-order valence-corrected chi connectivity index (χ2v) is 8.84. The van der Waals surface area contributed by atoms with Crippen LogP contribution in [0.2, 0.25) is 0 Å². The number of likely N-dealkylation sites (tertiary alicyclic amines) is 1. The number of benzene rings is 1. The lowest BCUT2D eigenvalue weighted by atomic mass is 10.0. The first kappa shape index (κ1) is 17.9. The number of rotatable bonds is 5. The van der Waals surface area contributed by atoms with E-state index in [1.165, 1.54) is 31.7 Å². The van der Waals surface area contributed by atoms with Crippen LogP contribution in [-0.2, 0) is 21.2 Å². The van der Waals surface area contributed by atoms with Gasteiger partial charge in [-0.05, 0) is 50.9 Å². The largest absolute Gasteiger partial charge is 0.325 e. The highest BCUT2D eigenvalue weighted by molar-refractivity contribution is 7.92. The van der Waals surface area contributed by atoms with Gasteiger partial charge in [-0.1, -0.05) is 18.6 Å². The first-order chi connectivity index (χ1) is 10.8. The van der Waals surface area contributed by atoms with Crippen molar-refractivity contribution in [3.8, 4) is 0 Å². The number of piperidine rings is 1. The molecule has 0 aliphatic carbocycles. The van der Waals surface area contributed by atoms with Crippen LogP contribution in [0.25, 0.3) is 0 Å². The minimum absolute atomic E-state index is 0.495. The molecule has 1 N–H and O–H groups in total. The molecule has 1 fully saturated rings. The van der Waals surface area contributed by atoms with Crippen LogP contribution < -0.4 is 5.32 Å². The highest BCUT2D eigenvalue weighted by Crippen LogP contribution is 2.20. The minimum Gasteiger partial charge on any atom is -0.325 e. The second-order valence-electron chi connectivity index (χ2n) is 6.47. The molecule has 1 aromatic rings. The summed E-state index contributed by atoms with van der Waals surface area (Å²) < 4.78 is 22.8. The number of anilines is 1. The summed E-state index contributed by atoms with van der Waals surface area (Å²) in [7, 11) is -3.37. The normalized spacial score (nSPS) is 20.9. The molecule has 2 rings (SSSR count). The minimum atomic E-state index is -3.37. The van der Waals surface area contributed by atoms with Crippen LogP contribution in [0.4, 0.5) is 5.69 Å². The molecule has 23 heavy (non-hydrogen) atoms. The van der Waals surface area contributed by atoms with E-state index in [2.05, 4.69) is 17.1 Å². The van der Waals surface area contributed by atoms with Crippen molar-refractivity contribution >= 4 is 21.4 Å². The second kappa shape index (κ2) is 7.45. The Bertz CT molecular complexity index is 640. The van der Waals surface area contributed by atoms with Gasteiger partial charge in [0.1, 0.15) is 5.25 Å². The van der Waals surface area contributed by atoms with Gasteiger partial charge in [-0.15, -0.1) is 0 Å². The number of amides is 1. The van der Waals surface area contributed by atoms with Gasteiger partial charge in [0.05, 0.1) is 0 Å². The van der Waals surface area contributed by atoms with Crippen LogP contribution in [0.3, 0.4) is 0 Å². The summed E-state index contributed by atoms with van der Waals surface area (Å²) in [4.78, 5) is 14.4. The average Bonchev–Trinajstić information content (AvgIpc) is 2.49. The molecule has 0 saturated carbocycles. The summed E-state index contributed by atoms with van der Waals surface area (Å²) in [6.07, 6.45) is 4.88. The molecule has 0 spiro atoms. The quantitative estimate of drug-likeness (QED) is 0.895. The molecule has 0 bridgehead atoms. The summed E-state index contributed by atoms with van der Waals surface area (Å²) in [5.74, 6) is -0.495. The van der Waals surface area contributed by atoms with Gasteiger partial charge in [0.2, 0.25) is 5.91 Å². The summed E-state index contributed by atoms with van der Waals surface area (Å²) in [6, 6.07) is 8.25. The topological polar surface area (TPSA) is 66.5 Å². The zero-order valence-corrected chi connectivity index (χ0v) is 14.9. The van der Waals surface area contributed by atoms with Gasteiger partial charge < -0.3 is 5.32 Å². The summed E-state index contributed by atoms with van der Waals surface area (Å²) >= 11 is 0. The molecule has 1 saturated heterocycles. The average molecular weight is 338 g/mol. The fourth-order valence-electron chi connectivity index (χ4n) is 2.76. The maximum Gasteiger partial charge on any atom is 0.242 e. The van der Waals surface area contributed by atoms with E-state index >= 15 is 0 Å². The monoisotopic (exact) mass is 338 g/mol. The Balaban J connectivity index is 1.95. The SMILES string of the molecule is C[C@H](C(=O)Nc1ccc(CN2CCCC[C@@H]2C)cc1)S(C)(=O)=O. The van der Waals surface area contributed by atoms with Crippen LogP contribution in [0.1, 0.15) is 38.7 Å². The molecular formula is C17H26N2O3S. The zero-order chi connectivity index (χ0) is 17.0. The number of hydrogen-bond acceptors (Lipinski definition) is 4. The van der Waals surface area contributed by atoms with Crippen molar-refractivity contribution in [1.82, 2.24) is 4.90 Å². The predicted octanol–water partition coefficient (Wildman–Crippen LogP) is 2.43. The lowest BCUT2D eigenvalue weighted by molar-refractivity contribution is -0.115. The number of nitrogens with zero attached hydrogens (tertiary/aromatic N) is 1. The molecule has 0 unspecified atom stereocenters. The van der Waals surface area contributed by atoms with E-state index in [1.54, 1.807) is 0 Å². The van der Waals surface area contributed by atoms with Gasteiger partial charge in [-0.2, -0.15) is 0 Å². The Labute approximate surface area is 139 Å². The lowest BCUT2D eigenvalue weighted by Crippen LogP contribution is -2.36. The highest BCUT2D eigenvalue weighted by Gasteiger charge is 2.23. The van der Waals surface area contributed by atoms with Crippen LogP contribution in [0.15, 0.2) is 24.3 Å². The van der Waals surface area contributed by atoms with Crippen LogP contribution in [0.5, 0.6) is 0 Å². The van der Waals surface area contributed by atoms with E-state index in [1.807, 2.05) is 24.3 Å². The van der Waals surface area contributed by atoms with Crippen molar-refractivity contribution in [3.05, 3.63) is 29.8 Å². The van der Waals surface area contributed by atoms with Crippen molar-refractivity contribution < 1.29 is 13.2 Å².